The highest BCUT2D eigenvalue weighted by Gasteiger charge is 2.36. The second kappa shape index (κ2) is 4.48. The first-order valence-corrected chi connectivity index (χ1v) is 7.16. The number of hydrogen-bond acceptors (Lipinski definition) is 3. The summed E-state index contributed by atoms with van der Waals surface area (Å²) in [7, 11) is 1.95. The number of rotatable bonds is 4. The quantitative estimate of drug-likeness (QED) is 0.810. The number of nitrogens with one attached hydrogen (secondary N) is 2. The van der Waals surface area contributed by atoms with Gasteiger partial charge >= 0.3 is 0 Å². The molecule has 3 heteroatoms. The van der Waals surface area contributed by atoms with Crippen LogP contribution >= 0.6 is 11.9 Å². The predicted octanol–water partition coefficient (Wildman–Crippen LogP) is 4.03. The van der Waals surface area contributed by atoms with Crippen molar-refractivity contribution in [3.8, 4) is 0 Å². The molecule has 2 aromatic rings. The fourth-order valence-electron chi connectivity index (χ4n) is 1.92. The summed E-state index contributed by atoms with van der Waals surface area (Å²) in [6, 6.07) is 13.1. The molecule has 0 spiro atoms. The van der Waals surface area contributed by atoms with E-state index in [1.807, 2.05) is 7.05 Å². The van der Waals surface area contributed by atoms with E-state index in [0.717, 1.165) is 5.69 Å². The van der Waals surface area contributed by atoms with Crippen molar-refractivity contribution < 1.29 is 0 Å². The number of fused-ring (bicyclic) bond motifs is 1. The van der Waals surface area contributed by atoms with E-state index in [-0.39, 0.29) is 0 Å². The number of benzene rings is 2. The second-order valence-corrected chi connectivity index (χ2v) is 6.12. The van der Waals surface area contributed by atoms with Crippen molar-refractivity contribution >= 4 is 28.4 Å². The van der Waals surface area contributed by atoms with Gasteiger partial charge in [0.15, 0.2) is 0 Å². The van der Waals surface area contributed by atoms with Crippen LogP contribution in [0.15, 0.2) is 41.3 Å². The van der Waals surface area contributed by atoms with E-state index in [4.69, 9.17) is 0 Å². The van der Waals surface area contributed by atoms with Crippen molar-refractivity contribution in [2.45, 2.75) is 30.2 Å². The predicted molar refractivity (Wildman–Crippen MR) is 80.1 cm³/mol. The lowest BCUT2D eigenvalue weighted by molar-refractivity contribution is 0.701. The third-order valence-corrected chi connectivity index (χ3v) is 4.60. The molecule has 0 aromatic heterocycles. The van der Waals surface area contributed by atoms with Crippen LogP contribution in [0.1, 0.15) is 19.8 Å². The molecule has 2 N–H and O–H groups in total. The van der Waals surface area contributed by atoms with Crippen molar-refractivity contribution in [3.05, 3.63) is 36.4 Å². The Kier molecular flexibility index (Phi) is 2.96. The summed E-state index contributed by atoms with van der Waals surface area (Å²) in [4.78, 5) is 1.28. The van der Waals surface area contributed by atoms with E-state index in [1.54, 1.807) is 11.9 Å². The minimum Gasteiger partial charge on any atom is -0.388 e. The van der Waals surface area contributed by atoms with Crippen LogP contribution in [-0.2, 0) is 0 Å². The summed E-state index contributed by atoms with van der Waals surface area (Å²) in [5.41, 5.74) is 1.53. The summed E-state index contributed by atoms with van der Waals surface area (Å²) in [5, 5.41) is 5.76. The molecule has 0 atom stereocenters. The molecule has 2 aromatic carbocycles. The van der Waals surface area contributed by atoms with Crippen LogP contribution in [0.4, 0.5) is 5.69 Å². The Morgan fingerprint density at radius 2 is 1.83 bits per heavy atom. The summed E-state index contributed by atoms with van der Waals surface area (Å²) in [6.45, 7) is 2.28. The smallest absolute Gasteiger partial charge is 0.0343 e. The van der Waals surface area contributed by atoms with Gasteiger partial charge in [-0.3, -0.25) is 4.72 Å². The van der Waals surface area contributed by atoms with Crippen LogP contribution in [0, 0.1) is 0 Å². The van der Waals surface area contributed by atoms with Gasteiger partial charge < -0.3 is 5.32 Å². The SMILES string of the molecule is CNc1ccc2ccc(SNC3(C)CC3)cc2c1. The highest BCUT2D eigenvalue weighted by atomic mass is 32.2. The molecule has 2 nitrogen and oxygen atoms in total. The molecule has 18 heavy (non-hydrogen) atoms. The zero-order valence-electron chi connectivity index (χ0n) is 10.8. The van der Waals surface area contributed by atoms with Crippen molar-refractivity contribution in [2.75, 3.05) is 12.4 Å². The first-order valence-electron chi connectivity index (χ1n) is 6.34. The van der Waals surface area contributed by atoms with Gasteiger partial charge in [0, 0.05) is 23.2 Å². The summed E-state index contributed by atoms with van der Waals surface area (Å²) in [6.07, 6.45) is 2.58. The number of anilines is 1. The molecule has 3 rings (SSSR count). The Hall–Kier alpha value is -1.19. The fourth-order valence-corrected chi connectivity index (χ4v) is 2.81. The Morgan fingerprint density at radius 1 is 1.06 bits per heavy atom. The Morgan fingerprint density at radius 3 is 2.56 bits per heavy atom. The van der Waals surface area contributed by atoms with Crippen molar-refractivity contribution in [2.24, 2.45) is 0 Å². The standard InChI is InChI=1S/C15H18N2S/c1-15(7-8-15)17-18-14-6-4-11-3-5-13(16-2)9-12(11)10-14/h3-6,9-10,16-17H,7-8H2,1-2H3. The maximum Gasteiger partial charge on any atom is 0.0343 e. The van der Waals surface area contributed by atoms with Gasteiger partial charge in [0.05, 0.1) is 0 Å². The minimum absolute atomic E-state index is 0.368. The average molecular weight is 258 g/mol. The van der Waals surface area contributed by atoms with Crippen LogP contribution < -0.4 is 10.0 Å². The van der Waals surface area contributed by atoms with E-state index >= 15 is 0 Å². The van der Waals surface area contributed by atoms with Gasteiger partial charge in [-0.15, -0.1) is 0 Å². The lowest BCUT2D eigenvalue weighted by atomic mass is 10.1. The fraction of sp³-hybridized carbons (Fsp3) is 0.333. The molecule has 1 aliphatic carbocycles. The van der Waals surface area contributed by atoms with Crippen molar-refractivity contribution in [3.63, 3.8) is 0 Å². The van der Waals surface area contributed by atoms with Crippen LogP contribution in [0.3, 0.4) is 0 Å². The van der Waals surface area contributed by atoms with Gasteiger partial charge in [0.25, 0.3) is 0 Å². The summed E-state index contributed by atoms with van der Waals surface area (Å²) < 4.78 is 3.54. The molecule has 94 valence electrons. The van der Waals surface area contributed by atoms with E-state index in [1.165, 1.54) is 28.5 Å². The van der Waals surface area contributed by atoms with E-state index in [2.05, 4.69) is 53.4 Å². The first-order chi connectivity index (χ1) is 8.68. The van der Waals surface area contributed by atoms with Gasteiger partial charge in [0.2, 0.25) is 0 Å². The third-order valence-electron chi connectivity index (χ3n) is 3.52. The zero-order chi connectivity index (χ0) is 12.6. The molecule has 0 amide bonds. The Balaban J connectivity index is 1.84. The molecular formula is C15H18N2S. The topological polar surface area (TPSA) is 24.1 Å². The maximum absolute atomic E-state index is 3.54. The highest BCUT2D eigenvalue weighted by molar-refractivity contribution is 7.97. The maximum atomic E-state index is 3.54. The van der Waals surface area contributed by atoms with Crippen LogP contribution in [0.25, 0.3) is 10.8 Å². The molecule has 1 aliphatic rings. The van der Waals surface area contributed by atoms with Gasteiger partial charge in [-0.1, -0.05) is 12.1 Å². The minimum atomic E-state index is 0.368. The van der Waals surface area contributed by atoms with Crippen LogP contribution in [-0.4, -0.2) is 12.6 Å². The Bertz CT molecular complexity index is 576. The van der Waals surface area contributed by atoms with E-state index in [0.29, 0.717) is 5.54 Å². The highest BCUT2D eigenvalue weighted by Crippen LogP contribution is 2.37. The number of hydrogen-bond donors (Lipinski definition) is 2. The molecule has 0 unspecified atom stereocenters. The third kappa shape index (κ3) is 2.47. The lowest BCUT2D eigenvalue weighted by Crippen LogP contribution is -2.19. The zero-order valence-corrected chi connectivity index (χ0v) is 11.6. The lowest BCUT2D eigenvalue weighted by Gasteiger charge is -2.11. The van der Waals surface area contributed by atoms with E-state index < -0.39 is 0 Å². The average Bonchev–Trinajstić information content (AvgIpc) is 3.14. The molecule has 0 saturated heterocycles. The van der Waals surface area contributed by atoms with Crippen molar-refractivity contribution in [1.82, 2.24) is 4.72 Å². The largest absolute Gasteiger partial charge is 0.388 e. The molecule has 0 bridgehead atoms. The van der Waals surface area contributed by atoms with Gasteiger partial charge in [-0.05, 0) is 66.8 Å². The molecule has 0 aliphatic heterocycles. The van der Waals surface area contributed by atoms with Gasteiger partial charge in [0.1, 0.15) is 0 Å². The molecule has 1 fully saturated rings. The second-order valence-electron chi connectivity index (χ2n) is 5.24. The summed E-state index contributed by atoms with van der Waals surface area (Å²) >= 11 is 1.75. The van der Waals surface area contributed by atoms with Gasteiger partial charge in [-0.2, -0.15) is 0 Å². The Labute approximate surface area is 112 Å². The first kappa shape index (κ1) is 11.9. The van der Waals surface area contributed by atoms with Crippen LogP contribution in [0.2, 0.25) is 0 Å². The summed E-state index contributed by atoms with van der Waals surface area (Å²) in [5.74, 6) is 0. The normalized spacial score (nSPS) is 16.8. The molecular weight excluding hydrogens is 240 g/mol. The van der Waals surface area contributed by atoms with Crippen molar-refractivity contribution in [1.29, 1.82) is 0 Å². The molecule has 0 heterocycles. The van der Waals surface area contributed by atoms with E-state index in [9.17, 15) is 0 Å². The monoisotopic (exact) mass is 258 g/mol. The van der Waals surface area contributed by atoms with Gasteiger partial charge in [-0.25, -0.2) is 0 Å². The van der Waals surface area contributed by atoms with Crippen LogP contribution in [0.5, 0.6) is 0 Å². The molecule has 1 saturated carbocycles. The molecule has 0 radical (unpaired) electrons.